The zero-order valence-electron chi connectivity index (χ0n) is 9.45. The minimum Gasteiger partial charge on any atom is -0.447 e. The molecule has 0 aromatic heterocycles. The normalized spacial score (nSPS) is 21.5. The summed E-state index contributed by atoms with van der Waals surface area (Å²) in [5.41, 5.74) is 0. The average molecular weight is 215 g/mol. The van der Waals surface area contributed by atoms with E-state index in [1.54, 1.807) is 0 Å². The van der Waals surface area contributed by atoms with Gasteiger partial charge in [0, 0.05) is 12.6 Å². The number of aliphatic hydroxyl groups is 1. The van der Waals surface area contributed by atoms with Crippen LogP contribution in [0, 0.1) is 0 Å². The van der Waals surface area contributed by atoms with E-state index in [1.807, 2.05) is 4.90 Å². The van der Waals surface area contributed by atoms with Gasteiger partial charge in [-0.2, -0.15) is 0 Å². The minimum atomic E-state index is -0.262. The second-order valence-electron chi connectivity index (χ2n) is 3.97. The number of nitrogens with zero attached hydrogens (tertiary/aromatic N) is 1. The second-order valence-corrected chi connectivity index (χ2v) is 3.97. The lowest BCUT2D eigenvalue weighted by Gasteiger charge is -2.34. The number of ether oxygens (including phenoxy) is 1. The lowest BCUT2D eigenvalue weighted by atomic mass is 9.99. The standard InChI is InChI=1S/C11H21NO3/c1-2-5-10-6-3-4-7-12(10)11(14)15-9-8-13/h10,13H,2-9H2,1H3. The highest BCUT2D eigenvalue weighted by atomic mass is 16.6. The second kappa shape index (κ2) is 6.67. The largest absolute Gasteiger partial charge is 0.447 e. The van der Waals surface area contributed by atoms with Crippen molar-refractivity contribution in [3.8, 4) is 0 Å². The van der Waals surface area contributed by atoms with Gasteiger partial charge in [-0.15, -0.1) is 0 Å². The molecule has 1 N–H and O–H groups in total. The summed E-state index contributed by atoms with van der Waals surface area (Å²) in [5.74, 6) is 0. The topological polar surface area (TPSA) is 49.8 Å². The Morgan fingerprint density at radius 3 is 3.00 bits per heavy atom. The number of hydrogen-bond acceptors (Lipinski definition) is 3. The number of carbonyl (C=O) groups excluding carboxylic acids is 1. The molecule has 0 aromatic carbocycles. The number of hydrogen-bond donors (Lipinski definition) is 1. The first-order valence-corrected chi connectivity index (χ1v) is 5.83. The van der Waals surface area contributed by atoms with Gasteiger partial charge in [0.2, 0.25) is 0 Å². The van der Waals surface area contributed by atoms with E-state index >= 15 is 0 Å². The molecule has 1 aliphatic heterocycles. The summed E-state index contributed by atoms with van der Waals surface area (Å²) in [6, 6.07) is 0.343. The Labute approximate surface area is 91.2 Å². The van der Waals surface area contributed by atoms with E-state index in [0.717, 1.165) is 32.2 Å². The van der Waals surface area contributed by atoms with Crippen LogP contribution in [-0.2, 0) is 4.74 Å². The molecule has 1 amide bonds. The Balaban J connectivity index is 2.43. The van der Waals surface area contributed by atoms with E-state index in [9.17, 15) is 4.79 Å². The maximum absolute atomic E-state index is 11.6. The van der Waals surface area contributed by atoms with E-state index in [1.165, 1.54) is 6.42 Å². The molecule has 1 fully saturated rings. The van der Waals surface area contributed by atoms with Crippen LogP contribution in [0.4, 0.5) is 4.79 Å². The number of likely N-dealkylation sites (tertiary alicyclic amines) is 1. The Morgan fingerprint density at radius 1 is 1.53 bits per heavy atom. The molecule has 0 radical (unpaired) electrons. The Bertz CT molecular complexity index is 194. The third-order valence-corrected chi connectivity index (χ3v) is 2.80. The van der Waals surface area contributed by atoms with Crippen molar-refractivity contribution in [3.05, 3.63) is 0 Å². The number of carbonyl (C=O) groups is 1. The van der Waals surface area contributed by atoms with Gasteiger partial charge < -0.3 is 14.7 Å². The number of piperidine rings is 1. The van der Waals surface area contributed by atoms with Gasteiger partial charge in [0.05, 0.1) is 6.61 Å². The van der Waals surface area contributed by atoms with Crippen molar-refractivity contribution >= 4 is 6.09 Å². The first kappa shape index (κ1) is 12.3. The van der Waals surface area contributed by atoms with Crippen LogP contribution >= 0.6 is 0 Å². The van der Waals surface area contributed by atoms with Crippen molar-refractivity contribution in [2.24, 2.45) is 0 Å². The lowest BCUT2D eigenvalue weighted by Crippen LogP contribution is -2.44. The fourth-order valence-electron chi connectivity index (χ4n) is 2.09. The molecule has 1 heterocycles. The van der Waals surface area contributed by atoms with Crippen molar-refractivity contribution in [2.45, 2.75) is 45.1 Å². The summed E-state index contributed by atoms with van der Waals surface area (Å²) in [6.45, 7) is 2.94. The molecule has 1 rings (SSSR count). The SMILES string of the molecule is CCCC1CCCCN1C(=O)OCCO. The van der Waals surface area contributed by atoms with Gasteiger partial charge in [0.25, 0.3) is 0 Å². The first-order valence-electron chi connectivity index (χ1n) is 5.83. The Hall–Kier alpha value is -0.770. The van der Waals surface area contributed by atoms with Gasteiger partial charge in [-0.25, -0.2) is 4.79 Å². The Morgan fingerprint density at radius 2 is 2.33 bits per heavy atom. The fraction of sp³-hybridized carbons (Fsp3) is 0.909. The number of amides is 1. The van der Waals surface area contributed by atoms with Crippen LogP contribution < -0.4 is 0 Å². The molecule has 0 aliphatic carbocycles. The zero-order valence-corrected chi connectivity index (χ0v) is 9.45. The summed E-state index contributed by atoms with van der Waals surface area (Å²) in [6.07, 6.45) is 5.23. The van der Waals surface area contributed by atoms with E-state index < -0.39 is 0 Å². The minimum absolute atomic E-state index is 0.0992. The van der Waals surface area contributed by atoms with Crippen molar-refractivity contribution in [3.63, 3.8) is 0 Å². The predicted molar refractivity (Wildman–Crippen MR) is 57.7 cm³/mol. The molecule has 0 bridgehead atoms. The van der Waals surface area contributed by atoms with Crippen molar-refractivity contribution in [2.75, 3.05) is 19.8 Å². The summed E-state index contributed by atoms with van der Waals surface area (Å²) >= 11 is 0. The van der Waals surface area contributed by atoms with Crippen LogP contribution in [0.2, 0.25) is 0 Å². The van der Waals surface area contributed by atoms with E-state index in [4.69, 9.17) is 9.84 Å². The maximum atomic E-state index is 11.6. The number of aliphatic hydroxyl groups excluding tert-OH is 1. The van der Waals surface area contributed by atoms with Crippen molar-refractivity contribution in [1.29, 1.82) is 0 Å². The molecule has 1 unspecified atom stereocenters. The Kier molecular flexibility index (Phi) is 5.47. The van der Waals surface area contributed by atoms with Crippen LogP contribution in [0.3, 0.4) is 0 Å². The lowest BCUT2D eigenvalue weighted by molar-refractivity contribution is 0.0587. The highest BCUT2D eigenvalue weighted by Crippen LogP contribution is 2.21. The molecule has 15 heavy (non-hydrogen) atoms. The smallest absolute Gasteiger partial charge is 0.410 e. The van der Waals surface area contributed by atoms with E-state index in [0.29, 0.717) is 6.04 Å². The monoisotopic (exact) mass is 215 g/mol. The summed E-state index contributed by atoms with van der Waals surface area (Å²) in [4.78, 5) is 13.5. The molecular formula is C11H21NO3. The molecule has 88 valence electrons. The quantitative estimate of drug-likeness (QED) is 0.777. The number of rotatable bonds is 4. The molecule has 4 heteroatoms. The first-order chi connectivity index (χ1) is 7.29. The molecule has 0 aromatic rings. The van der Waals surface area contributed by atoms with Gasteiger partial charge in [0.15, 0.2) is 0 Å². The summed E-state index contributed by atoms with van der Waals surface area (Å²) < 4.78 is 4.94. The van der Waals surface area contributed by atoms with E-state index in [-0.39, 0.29) is 19.3 Å². The van der Waals surface area contributed by atoms with E-state index in [2.05, 4.69) is 6.92 Å². The molecule has 1 aliphatic rings. The van der Waals surface area contributed by atoms with Crippen LogP contribution in [0.25, 0.3) is 0 Å². The van der Waals surface area contributed by atoms with Crippen molar-refractivity contribution in [1.82, 2.24) is 4.90 Å². The molecule has 4 nitrogen and oxygen atoms in total. The van der Waals surface area contributed by atoms with Crippen LogP contribution in [0.15, 0.2) is 0 Å². The fourth-order valence-corrected chi connectivity index (χ4v) is 2.09. The molecule has 1 atom stereocenters. The third-order valence-electron chi connectivity index (χ3n) is 2.80. The molecular weight excluding hydrogens is 194 g/mol. The highest BCUT2D eigenvalue weighted by molar-refractivity contribution is 5.68. The van der Waals surface area contributed by atoms with Gasteiger partial charge in [-0.1, -0.05) is 13.3 Å². The van der Waals surface area contributed by atoms with Crippen LogP contribution in [0.5, 0.6) is 0 Å². The zero-order chi connectivity index (χ0) is 11.1. The molecule has 0 saturated carbocycles. The van der Waals surface area contributed by atoms with Crippen LogP contribution in [0.1, 0.15) is 39.0 Å². The van der Waals surface area contributed by atoms with Gasteiger partial charge in [0.1, 0.15) is 6.61 Å². The summed E-state index contributed by atoms with van der Waals surface area (Å²) in [7, 11) is 0. The highest BCUT2D eigenvalue weighted by Gasteiger charge is 2.26. The predicted octanol–water partition coefficient (Wildman–Crippen LogP) is 1.77. The van der Waals surface area contributed by atoms with Crippen molar-refractivity contribution < 1.29 is 14.6 Å². The molecule has 1 saturated heterocycles. The van der Waals surface area contributed by atoms with Gasteiger partial charge in [-0.3, -0.25) is 0 Å². The average Bonchev–Trinajstić information content (AvgIpc) is 2.27. The van der Waals surface area contributed by atoms with Gasteiger partial charge >= 0.3 is 6.09 Å². The summed E-state index contributed by atoms with van der Waals surface area (Å²) in [5, 5.41) is 8.59. The maximum Gasteiger partial charge on any atom is 0.410 e. The van der Waals surface area contributed by atoms with Crippen LogP contribution in [-0.4, -0.2) is 41.9 Å². The van der Waals surface area contributed by atoms with Gasteiger partial charge in [-0.05, 0) is 25.7 Å². The third kappa shape index (κ3) is 3.70. The molecule has 0 spiro atoms.